The molecular formula is C27H42F2O10S2. The number of alkyl halides is 2. The van der Waals surface area contributed by atoms with Crippen LogP contribution in [0.5, 0.6) is 0 Å². The van der Waals surface area contributed by atoms with Gasteiger partial charge in [0.25, 0.3) is 10.1 Å². The number of hydrogen-bond acceptors (Lipinski definition) is 8. The van der Waals surface area contributed by atoms with Gasteiger partial charge >= 0.3 is 27.3 Å². The number of rotatable bonds is 10. The second-order valence-corrected chi connectivity index (χ2v) is 14.2. The zero-order valence-corrected chi connectivity index (χ0v) is 26.1. The van der Waals surface area contributed by atoms with E-state index in [2.05, 4.69) is 18.6 Å². The van der Waals surface area contributed by atoms with Crippen molar-refractivity contribution in [2.45, 2.75) is 115 Å². The van der Waals surface area contributed by atoms with Crippen molar-refractivity contribution in [1.29, 1.82) is 0 Å². The lowest BCUT2D eigenvalue weighted by atomic mass is 9.79. The molecule has 1 saturated carbocycles. The molecule has 1 fully saturated rings. The fourth-order valence-electron chi connectivity index (χ4n) is 3.83. The molecule has 2 atom stereocenters. The van der Waals surface area contributed by atoms with Crippen LogP contribution in [0.15, 0.2) is 29.2 Å². The molecule has 2 unspecified atom stereocenters. The first-order chi connectivity index (χ1) is 18.5. The molecule has 0 spiro atoms. The number of carbonyl (C=O) groups excluding carboxylic acids is 2. The van der Waals surface area contributed by atoms with Crippen molar-refractivity contribution < 1.29 is 53.8 Å². The highest BCUT2D eigenvalue weighted by Gasteiger charge is 2.52. The Morgan fingerprint density at radius 2 is 1.51 bits per heavy atom. The first-order valence-electron chi connectivity index (χ1n) is 13.4. The third kappa shape index (κ3) is 10.3. The fraction of sp³-hybridized carbons (Fsp3) is 0.704. The Bertz CT molecular complexity index is 1250. The van der Waals surface area contributed by atoms with Gasteiger partial charge in [-0.25, -0.2) is 0 Å². The minimum atomic E-state index is -5.69. The van der Waals surface area contributed by atoms with Gasteiger partial charge in [0.1, 0.15) is 5.60 Å². The van der Waals surface area contributed by atoms with Gasteiger partial charge in [-0.3, -0.25) is 18.7 Å². The monoisotopic (exact) mass is 628 g/mol. The van der Waals surface area contributed by atoms with Crippen molar-refractivity contribution >= 4 is 32.2 Å². The summed E-state index contributed by atoms with van der Waals surface area (Å²) >= 11 is 0. The van der Waals surface area contributed by atoms with Gasteiger partial charge in [0.05, 0.1) is 16.2 Å². The van der Waals surface area contributed by atoms with Crippen LogP contribution in [0.4, 0.5) is 8.78 Å². The molecule has 2 N–H and O–H groups in total. The third-order valence-corrected chi connectivity index (χ3v) is 9.51. The predicted molar refractivity (Wildman–Crippen MR) is 148 cm³/mol. The standard InChI is InChI=1S/C17H28F2O7S.C10H14O3S/c1-6-15(3,4)14(21)26-16(5)9-7-12(8-10-16)13(20)25-11(2)17(18,19)27(22,23)24;1-3-8(2)9-4-6-10(7-5-9)14(11,12)13/h11-12H,6-10H2,1-5H3,(H,22,23,24);4-8H,3H2,1-2H3,(H,11,12,13). The molecule has 1 aromatic rings. The van der Waals surface area contributed by atoms with Crippen molar-refractivity contribution in [2.75, 3.05) is 0 Å². The number of esters is 2. The Morgan fingerprint density at radius 1 is 1.02 bits per heavy atom. The first-order valence-corrected chi connectivity index (χ1v) is 16.2. The van der Waals surface area contributed by atoms with Crippen LogP contribution in [-0.2, 0) is 39.3 Å². The summed E-state index contributed by atoms with van der Waals surface area (Å²) in [5, 5.41) is -4.59. The summed E-state index contributed by atoms with van der Waals surface area (Å²) in [5.74, 6) is -1.61. The number of halogens is 2. The zero-order chi connectivity index (χ0) is 32.0. The second kappa shape index (κ2) is 13.9. The molecule has 0 aromatic heterocycles. The number of carbonyl (C=O) groups is 2. The minimum absolute atomic E-state index is 0.0513. The molecule has 0 amide bonds. The normalized spacial score (nSPS) is 21.6. The molecule has 0 saturated heterocycles. The molecule has 0 bridgehead atoms. The van der Waals surface area contributed by atoms with Gasteiger partial charge in [0, 0.05) is 0 Å². The molecule has 236 valence electrons. The van der Waals surface area contributed by atoms with E-state index in [9.17, 15) is 35.2 Å². The van der Waals surface area contributed by atoms with Crippen LogP contribution in [0.25, 0.3) is 0 Å². The van der Waals surface area contributed by atoms with Gasteiger partial charge in [0.2, 0.25) is 0 Å². The summed E-state index contributed by atoms with van der Waals surface area (Å²) < 4.78 is 97.4. The summed E-state index contributed by atoms with van der Waals surface area (Å²) in [6.07, 6.45) is 0.486. The Kier molecular flexibility index (Phi) is 12.5. The maximum absolute atomic E-state index is 13.5. The van der Waals surface area contributed by atoms with E-state index in [0.29, 0.717) is 32.1 Å². The molecule has 10 nitrogen and oxygen atoms in total. The molecule has 0 aliphatic heterocycles. The predicted octanol–water partition coefficient (Wildman–Crippen LogP) is 5.77. The zero-order valence-electron chi connectivity index (χ0n) is 24.5. The van der Waals surface area contributed by atoms with Crippen molar-refractivity contribution in [3.05, 3.63) is 29.8 Å². The summed E-state index contributed by atoms with van der Waals surface area (Å²) in [6.45, 7) is 12.0. The van der Waals surface area contributed by atoms with E-state index in [1.165, 1.54) is 12.1 Å². The van der Waals surface area contributed by atoms with E-state index in [4.69, 9.17) is 13.8 Å². The Morgan fingerprint density at radius 3 is 1.90 bits per heavy atom. The van der Waals surface area contributed by atoms with Crippen LogP contribution in [0.3, 0.4) is 0 Å². The second-order valence-electron chi connectivity index (χ2n) is 11.3. The first kappa shape index (κ1) is 36.9. The van der Waals surface area contributed by atoms with Gasteiger partial charge in [-0.1, -0.05) is 32.9 Å². The molecule has 1 aromatic carbocycles. The topological polar surface area (TPSA) is 161 Å². The van der Waals surface area contributed by atoms with Crippen molar-refractivity contribution in [3.63, 3.8) is 0 Å². The van der Waals surface area contributed by atoms with Crippen molar-refractivity contribution in [2.24, 2.45) is 11.3 Å². The SMILES string of the molecule is CCC(C)(C)C(=O)OC1(C)CCC(C(=O)OC(C)C(F)(F)S(=O)(=O)O)CC1.CCC(C)c1ccc(S(=O)(=O)O)cc1. The molecule has 41 heavy (non-hydrogen) atoms. The molecule has 14 heteroatoms. The number of hydrogen-bond donors (Lipinski definition) is 2. The van der Waals surface area contributed by atoms with Crippen molar-refractivity contribution in [3.8, 4) is 0 Å². The highest BCUT2D eigenvalue weighted by molar-refractivity contribution is 7.87. The highest BCUT2D eigenvalue weighted by Crippen LogP contribution is 2.38. The van der Waals surface area contributed by atoms with Gasteiger partial charge < -0.3 is 9.47 Å². The third-order valence-electron chi connectivity index (χ3n) is 7.62. The summed E-state index contributed by atoms with van der Waals surface area (Å²) in [7, 11) is -9.75. The van der Waals surface area contributed by atoms with E-state index in [1.807, 2.05) is 6.92 Å². The molecule has 1 aliphatic rings. The molecule has 0 heterocycles. The lowest BCUT2D eigenvalue weighted by Crippen LogP contribution is -2.44. The minimum Gasteiger partial charge on any atom is -0.459 e. The van der Waals surface area contributed by atoms with Gasteiger partial charge in [-0.15, -0.1) is 0 Å². The van der Waals surface area contributed by atoms with E-state index in [0.717, 1.165) is 12.0 Å². The largest absolute Gasteiger partial charge is 0.459 e. The van der Waals surface area contributed by atoms with Crippen LogP contribution in [0.2, 0.25) is 0 Å². The lowest BCUT2D eigenvalue weighted by Gasteiger charge is -2.38. The van der Waals surface area contributed by atoms with E-state index < -0.39 is 54.5 Å². The smallest absolute Gasteiger partial charge is 0.405 e. The summed E-state index contributed by atoms with van der Waals surface area (Å²) in [4.78, 5) is 24.3. The maximum atomic E-state index is 13.5. The highest BCUT2D eigenvalue weighted by atomic mass is 32.2. The lowest BCUT2D eigenvalue weighted by molar-refractivity contribution is -0.176. The van der Waals surface area contributed by atoms with Crippen LogP contribution in [0.1, 0.15) is 98.5 Å². The number of benzene rings is 1. The molecular weight excluding hydrogens is 586 g/mol. The van der Waals surface area contributed by atoms with Crippen LogP contribution < -0.4 is 0 Å². The molecule has 1 aliphatic carbocycles. The Labute approximate surface area is 241 Å². The summed E-state index contributed by atoms with van der Waals surface area (Å²) in [5.41, 5.74) is -0.306. The van der Waals surface area contributed by atoms with Gasteiger partial charge in [-0.05, 0) is 89.8 Å². The average molecular weight is 629 g/mol. The molecule has 2 rings (SSSR count). The van der Waals surface area contributed by atoms with Gasteiger partial charge in [0.15, 0.2) is 6.10 Å². The number of ether oxygens (including phenoxy) is 2. The average Bonchev–Trinajstić information content (AvgIpc) is 2.87. The Balaban J connectivity index is 0.000000502. The van der Waals surface area contributed by atoms with Crippen LogP contribution in [0, 0.1) is 11.3 Å². The maximum Gasteiger partial charge on any atom is 0.405 e. The van der Waals surface area contributed by atoms with Gasteiger partial charge in [-0.2, -0.15) is 25.6 Å². The molecule has 0 radical (unpaired) electrons. The fourth-order valence-corrected chi connectivity index (χ4v) is 4.77. The Hall–Kier alpha value is -2.16. The van der Waals surface area contributed by atoms with E-state index >= 15 is 0 Å². The quantitative estimate of drug-likeness (QED) is 0.240. The van der Waals surface area contributed by atoms with E-state index in [-0.39, 0.29) is 23.7 Å². The van der Waals surface area contributed by atoms with E-state index in [1.54, 1.807) is 32.9 Å². The van der Waals surface area contributed by atoms with Crippen molar-refractivity contribution in [1.82, 2.24) is 0 Å². The summed E-state index contributed by atoms with van der Waals surface area (Å²) in [6, 6.07) is 6.32. The van der Waals surface area contributed by atoms with Crippen LogP contribution >= 0.6 is 0 Å². The van der Waals surface area contributed by atoms with Crippen LogP contribution in [-0.4, -0.2) is 54.8 Å².